The molecule has 54 heavy (non-hydrogen) atoms. The molecular weight excluding hydrogens is 661 g/mol. The van der Waals surface area contributed by atoms with Crippen LogP contribution in [0.2, 0.25) is 0 Å². The van der Waals surface area contributed by atoms with Crippen molar-refractivity contribution in [1.82, 2.24) is 0 Å². The maximum absolute atomic E-state index is 6.96. The van der Waals surface area contributed by atoms with E-state index in [0.717, 1.165) is 55.7 Å². The molecule has 0 saturated heterocycles. The van der Waals surface area contributed by atoms with Crippen molar-refractivity contribution < 1.29 is 9.15 Å². The summed E-state index contributed by atoms with van der Waals surface area (Å²) in [4.78, 5) is 6.79. The molecule has 1 aromatic heterocycles. The van der Waals surface area contributed by atoms with E-state index in [-0.39, 0.29) is 17.6 Å². The fourth-order valence-corrected chi connectivity index (χ4v) is 8.74. The van der Waals surface area contributed by atoms with Gasteiger partial charge in [-0.3, -0.25) is 0 Å². The Morgan fingerprint density at radius 3 is 2.28 bits per heavy atom. The van der Waals surface area contributed by atoms with Crippen LogP contribution in [0.15, 0.2) is 180 Å². The lowest BCUT2D eigenvalue weighted by molar-refractivity contribution is 0.265. The zero-order valence-corrected chi connectivity index (χ0v) is 30.3. The monoisotopic (exact) mass is 698 g/mol. The van der Waals surface area contributed by atoms with Crippen LogP contribution in [-0.2, 0) is 10.2 Å². The van der Waals surface area contributed by atoms with Crippen molar-refractivity contribution in [1.29, 1.82) is 0 Å². The maximum atomic E-state index is 6.96. The fourth-order valence-electron chi connectivity index (χ4n) is 8.74. The zero-order chi connectivity index (χ0) is 36.6. The highest BCUT2D eigenvalue weighted by Crippen LogP contribution is 2.50. The maximum Gasteiger partial charge on any atom is 0.171 e. The SMILES string of the molecule is C=CC1=C(C=C)C(C)(C)c2cc(N(c3ccc(-c4ccccc4)cc3)c3ccc4c(c3)oc3c(C5=CC6OC=NC6C=C5)cc5ccccc5c34)ccc21. The number of allylic oxidation sites excluding steroid dienone is 6. The molecule has 0 amide bonds. The van der Waals surface area contributed by atoms with Gasteiger partial charge in [0, 0.05) is 44.9 Å². The number of fused-ring (bicyclic) bond motifs is 7. The first-order valence-electron chi connectivity index (χ1n) is 18.5. The van der Waals surface area contributed by atoms with Gasteiger partial charge < -0.3 is 14.1 Å². The quantitative estimate of drug-likeness (QED) is 0.166. The smallest absolute Gasteiger partial charge is 0.171 e. The van der Waals surface area contributed by atoms with E-state index in [1.165, 1.54) is 38.6 Å². The minimum atomic E-state index is -0.225. The summed E-state index contributed by atoms with van der Waals surface area (Å²) in [6.45, 7) is 12.9. The van der Waals surface area contributed by atoms with Crippen LogP contribution >= 0.6 is 0 Å². The second-order valence-electron chi connectivity index (χ2n) is 14.8. The van der Waals surface area contributed by atoms with Crippen molar-refractivity contribution in [2.24, 2.45) is 4.99 Å². The Balaban J connectivity index is 1.16. The molecule has 2 atom stereocenters. The van der Waals surface area contributed by atoms with Gasteiger partial charge in [0.1, 0.15) is 23.3 Å². The summed E-state index contributed by atoms with van der Waals surface area (Å²) >= 11 is 0. The number of rotatable bonds is 7. The van der Waals surface area contributed by atoms with E-state index >= 15 is 0 Å². The van der Waals surface area contributed by atoms with Crippen molar-refractivity contribution in [2.75, 3.05) is 4.90 Å². The third-order valence-corrected chi connectivity index (χ3v) is 11.5. The Morgan fingerprint density at radius 2 is 1.46 bits per heavy atom. The molecule has 260 valence electrons. The predicted molar refractivity (Wildman–Crippen MR) is 226 cm³/mol. The molecule has 10 rings (SSSR count). The van der Waals surface area contributed by atoms with E-state index < -0.39 is 0 Å². The van der Waals surface area contributed by atoms with Crippen LogP contribution in [-0.4, -0.2) is 18.5 Å². The van der Waals surface area contributed by atoms with Crippen LogP contribution in [0.1, 0.15) is 30.5 Å². The largest absolute Gasteiger partial charge is 0.474 e. The Morgan fingerprint density at radius 1 is 0.722 bits per heavy atom. The normalized spacial score (nSPS) is 18.1. The lowest BCUT2D eigenvalue weighted by atomic mass is 9.81. The summed E-state index contributed by atoms with van der Waals surface area (Å²) in [5.74, 6) is 0. The molecule has 0 fully saturated rings. The summed E-state index contributed by atoms with van der Waals surface area (Å²) in [5, 5.41) is 4.52. The molecule has 2 unspecified atom stereocenters. The molecule has 0 radical (unpaired) electrons. The Kier molecular flexibility index (Phi) is 7.24. The zero-order valence-electron chi connectivity index (χ0n) is 30.3. The van der Waals surface area contributed by atoms with Crippen LogP contribution in [0, 0.1) is 0 Å². The van der Waals surface area contributed by atoms with Crippen molar-refractivity contribution in [3.05, 3.63) is 187 Å². The number of hydrogen-bond donors (Lipinski definition) is 0. The molecule has 7 aromatic rings. The second-order valence-corrected chi connectivity index (χ2v) is 14.8. The third kappa shape index (κ3) is 4.87. The van der Waals surface area contributed by atoms with Gasteiger partial charge in [-0.15, -0.1) is 0 Å². The van der Waals surface area contributed by atoms with Crippen molar-refractivity contribution in [3.8, 4) is 11.1 Å². The highest BCUT2D eigenvalue weighted by Gasteiger charge is 2.36. The summed E-state index contributed by atoms with van der Waals surface area (Å²) in [6.07, 6.45) is 11.8. The summed E-state index contributed by atoms with van der Waals surface area (Å²) in [7, 11) is 0. The Hall–Kier alpha value is -6.65. The van der Waals surface area contributed by atoms with E-state index in [4.69, 9.17) is 9.15 Å². The number of nitrogens with zero attached hydrogens (tertiary/aromatic N) is 2. The third-order valence-electron chi connectivity index (χ3n) is 11.5. The number of anilines is 3. The van der Waals surface area contributed by atoms with Crippen molar-refractivity contribution in [3.63, 3.8) is 0 Å². The fraction of sp³-hybridized carbons (Fsp3) is 0.100. The molecule has 0 saturated carbocycles. The molecule has 0 spiro atoms. The minimum Gasteiger partial charge on any atom is -0.474 e. The molecule has 2 aliphatic carbocycles. The van der Waals surface area contributed by atoms with Crippen LogP contribution in [0.3, 0.4) is 0 Å². The lowest BCUT2D eigenvalue weighted by Crippen LogP contribution is -2.20. The van der Waals surface area contributed by atoms with Crippen LogP contribution in [0.5, 0.6) is 0 Å². The van der Waals surface area contributed by atoms with Gasteiger partial charge in [-0.25, -0.2) is 4.99 Å². The van der Waals surface area contributed by atoms with Gasteiger partial charge >= 0.3 is 0 Å². The average molecular weight is 699 g/mol. The van der Waals surface area contributed by atoms with E-state index in [1.807, 2.05) is 12.2 Å². The van der Waals surface area contributed by atoms with Crippen molar-refractivity contribution >= 4 is 67.3 Å². The number of benzene rings is 6. The average Bonchev–Trinajstić information content (AvgIpc) is 3.90. The first kappa shape index (κ1) is 32.0. The minimum absolute atomic E-state index is 0.0166. The van der Waals surface area contributed by atoms with Gasteiger partial charge in [-0.2, -0.15) is 0 Å². The number of aliphatic imine (C=N–C) groups is 1. The topological polar surface area (TPSA) is 38.0 Å². The lowest BCUT2D eigenvalue weighted by Gasteiger charge is -2.28. The van der Waals surface area contributed by atoms with E-state index in [2.05, 4.69) is 176 Å². The number of furan rings is 1. The predicted octanol–water partition coefficient (Wildman–Crippen LogP) is 13.0. The molecule has 1 aliphatic heterocycles. The van der Waals surface area contributed by atoms with Gasteiger partial charge in [0.2, 0.25) is 0 Å². The van der Waals surface area contributed by atoms with E-state index in [0.29, 0.717) is 0 Å². The second kappa shape index (κ2) is 12.2. The molecule has 4 nitrogen and oxygen atoms in total. The molecule has 3 aliphatic rings. The van der Waals surface area contributed by atoms with Crippen LogP contribution in [0.4, 0.5) is 17.1 Å². The molecule has 0 N–H and O–H groups in total. The van der Waals surface area contributed by atoms with Gasteiger partial charge in [0.05, 0.1) is 0 Å². The van der Waals surface area contributed by atoms with E-state index in [9.17, 15) is 0 Å². The summed E-state index contributed by atoms with van der Waals surface area (Å²) in [5.41, 5.74) is 13.9. The Labute approximate surface area is 315 Å². The highest BCUT2D eigenvalue weighted by molar-refractivity contribution is 6.22. The highest BCUT2D eigenvalue weighted by atomic mass is 16.5. The first-order valence-corrected chi connectivity index (χ1v) is 18.5. The molecule has 2 heterocycles. The molecule has 0 bridgehead atoms. The van der Waals surface area contributed by atoms with E-state index in [1.54, 1.807) is 6.40 Å². The van der Waals surface area contributed by atoms with Gasteiger partial charge in [-0.1, -0.05) is 124 Å². The molecule has 6 aromatic carbocycles. The molecule has 4 heteroatoms. The number of hydrogen-bond acceptors (Lipinski definition) is 4. The van der Waals surface area contributed by atoms with Gasteiger partial charge in [-0.05, 0) is 98.3 Å². The van der Waals surface area contributed by atoms with Gasteiger partial charge in [0.25, 0.3) is 0 Å². The summed E-state index contributed by atoms with van der Waals surface area (Å²) in [6, 6.07) is 43.6. The van der Waals surface area contributed by atoms with Crippen molar-refractivity contribution in [2.45, 2.75) is 31.4 Å². The summed E-state index contributed by atoms with van der Waals surface area (Å²) < 4.78 is 12.8. The number of ether oxygens (including phenoxy) is 1. The Bertz CT molecular complexity index is 2810. The van der Waals surface area contributed by atoms with Crippen LogP contribution in [0.25, 0.3) is 55.0 Å². The standard InChI is InChI=1S/C50H38N2O2/c1-5-38-40-23-21-36(28-44(40)50(3,4)43(38)6-2)52(35-19-16-32(17-20-35)31-12-8-7-9-13-31)37-22-24-41-46(29-37)54-49-42(26-33-14-10-11-15-39(33)48(41)49)34-18-25-45-47(27-34)53-30-51-45/h5-30,45,47H,1-2H2,3-4H3. The first-order chi connectivity index (χ1) is 26.4. The molecular formula is C50H38N2O2. The van der Waals surface area contributed by atoms with Crippen LogP contribution < -0.4 is 4.90 Å². The van der Waals surface area contributed by atoms with Gasteiger partial charge in [0.15, 0.2) is 6.40 Å².